The fourth-order valence-corrected chi connectivity index (χ4v) is 3.72. The molecule has 1 amide bonds. The molecule has 0 aliphatic carbocycles. The van der Waals surface area contributed by atoms with E-state index in [2.05, 4.69) is 5.32 Å². The molecular formula is C17H31NO9S. The average molecular weight is 426 g/mol. The monoisotopic (exact) mass is 425 g/mol. The summed E-state index contributed by atoms with van der Waals surface area (Å²) in [7, 11) is -4.02. The van der Waals surface area contributed by atoms with E-state index < -0.39 is 39.7 Å². The molecule has 0 radical (unpaired) electrons. The van der Waals surface area contributed by atoms with E-state index in [1.807, 2.05) is 0 Å². The zero-order chi connectivity index (χ0) is 22.0. The first kappa shape index (κ1) is 26.3. The molecule has 0 rings (SSSR count). The Labute approximate surface area is 165 Å². The van der Waals surface area contributed by atoms with Crippen molar-refractivity contribution in [1.82, 2.24) is 5.32 Å². The van der Waals surface area contributed by atoms with Crippen LogP contribution in [-0.4, -0.2) is 67.6 Å². The highest BCUT2D eigenvalue weighted by atomic mass is 32.2. The maximum Gasteiger partial charge on any atom is 0.333 e. The van der Waals surface area contributed by atoms with E-state index in [1.165, 1.54) is 27.7 Å². The first-order valence-electron chi connectivity index (χ1n) is 8.99. The number of hydrogen-bond donors (Lipinski definition) is 3. The van der Waals surface area contributed by atoms with Gasteiger partial charge in [-0.05, 0) is 25.7 Å². The van der Waals surface area contributed by atoms with E-state index in [0.29, 0.717) is 12.8 Å². The molecule has 0 bridgehead atoms. The molecule has 0 aromatic carbocycles. The lowest BCUT2D eigenvalue weighted by molar-refractivity contribution is -0.158. The number of aliphatic hydroxyl groups excluding tert-OH is 1. The number of carboxylic acids is 1. The van der Waals surface area contributed by atoms with Gasteiger partial charge in [0.25, 0.3) is 10.1 Å². The highest BCUT2D eigenvalue weighted by molar-refractivity contribution is 7.86. The standard InChI is InChI=1S/C17H31NO9S/c1-12(19)18-9-7-11-28(24,25)27-14(8-5-6-10-26-13(2)20)17(3,4)15(21)16(22)23/h14-15,21H,5-11H2,1-4H3,(H,18,19)(H,22,23)/t14?,15-/m0/s1. The third kappa shape index (κ3) is 10.6. The number of carbonyl (C=O) groups is 3. The fraction of sp³-hybridized carbons (Fsp3) is 0.824. The van der Waals surface area contributed by atoms with Crippen LogP contribution in [0.1, 0.15) is 53.4 Å². The van der Waals surface area contributed by atoms with Gasteiger partial charge in [0, 0.05) is 25.8 Å². The summed E-state index contributed by atoms with van der Waals surface area (Å²) in [5.74, 6) is -2.57. The minimum atomic E-state index is -4.02. The van der Waals surface area contributed by atoms with Gasteiger partial charge in [0.2, 0.25) is 5.91 Å². The molecule has 0 aliphatic rings. The summed E-state index contributed by atoms with van der Waals surface area (Å²) in [6.45, 7) is 5.71. The predicted molar refractivity (Wildman–Crippen MR) is 99.9 cm³/mol. The Morgan fingerprint density at radius 1 is 1.11 bits per heavy atom. The van der Waals surface area contributed by atoms with Crippen molar-refractivity contribution in [3.8, 4) is 0 Å². The number of nitrogens with one attached hydrogen (secondary N) is 1. The zero-order valence-electron chi connectivity index (χ0n) is 16.8. The van der Waals surface area contributed by atoms with Gasteiger partial charge in [0.1, 0.15) is 0 Å². The van der Waals surface area contributed by atoms with Crippen molar-refractivity contribution in [3.05, 3.63) is 0 Å². The molecule has 1 unspecified atom stereocenters. The Morgan fingerprint density at radius 2 is 1.71 bits per heavy atom. The van der Waals surface area contributed by atoms with Crippen LogP contribution in [0.15, 0.2) is 0 Å². The van der Waals surface area contributed by atoms with Crippen LogP contribution in [0, 0.1) is 5.41 Å². The molecule has 10 nitrogen and oxygen atoms in total. The quantitative estimate of drug-likeness (QED) is 0.204. The predicted octanol–water partition coefficient (Wildman–Crippen LogP) is 0.433. The second-order valence-electron chi connectivity index (χ2n) is 7.08. The van der Waals surface area contributed by atoms with Gasteiger partial charge in [-0.3, -0.25) is 13.8 Å². The topological polar surface area (TPSA) is 156 Å². The molecule has 0 saturated carbocycles. The summed E-state index contributed by atoms with van der Waals surface area (Å²) in [6.07, 6.45) is -1.83. The lowest BCUT2D eigenvalue weighted by Gasteiger charge is -2.35. The van der Waals surface area contributed by atoms with Gasteiger partial charge in [0.05, 0.1) is 18.5 Å². The van der Waals surface area contributed by atoms with Crippen molar-refractivity contribution in [3.63, 3.8) is 0 Å². The van der Waals surface area contributed by atoms with Crippen molar-refractivity contribution >= 4 is 28.0 Å². The summed E-state index contributed by atoms with van der Waals surface area (Å²) < 4.78 is 34.6. The van der Waals surface area contributed by atoms with Gasteiger partial charge in [0.15, 0.2) is 6.10 Å². The molecule has 0 spiro atoms. The molecule has 2 atom stereocenters. The molecule has 3 N–H and O–H groups in total. The summed E-state index contributed by atoms with van der Waals surface area (Å²) >= 11 is 0. The number of hydrogen-bond acceptors (Lipinski definition) is 8. The number of ether oxygens (including phenoxy) is 1. The highest BCUT2D eigenvalue weighted by Crippen LogP contribution is 2.33. The number of carboxylic acid groups (broad SMARTS) is 1. The molecule has 0 fully saturated rings. The van der Waals surface area contributed by atoms with E-state index in [-0.39, 0.29) is 37.7 Å². The Morgan fingerprint density at radius 3 is 2.21 bits per heavy atom. The van der Waals surface area contributed by atoms with Crippen LogP contribution in [0.25, 0.3) is 0 Å². The molecule has 0 aromatic heterocycles. The lowest BCUT2D eigenvalue weighted by Crippen LogP contribution is -2.47. The van der Waals surface area contributed by atoms with Crippen LogP contribution in [0.5, 0.6) is 0 Å². The van der Waals surface area contributed by atoms with Crippen molar-refractivity contribution in [2.45, 2.75) is 65.6 Å². The van der Waals surface area contributed by atoms with E-state index in [9.17, 15) is 27.9 Å². The fourth-order valence-electron chi connectivity index (χ4n) is 2.42. The Hall–Kier alpha value is -1.72. The van der Waals surface area contributed by atoms with Crippen molar-refractivity contribution in [2.75, 3.05) is 18.9 Å². The second kappa shape index (κ2) is 12.0. The first-order valence-corrected chi connectivity index (χ1v) is 10.6. The van der Waals surface area contributed by atoms with Gasteiger partial charge in [-0.2, -0.15) is 8.42 Å². The van der Waals surface area contributed by atoms with Crippen LogP contribution in [-0.2, 0) is 33.4 Å². The summed E-state index contributed by atoms with van der Waals surface area (Å²) in [5.41, 5.74) is -1.39. The van der Waals surface area contributed by atoms with Crippen molar-refractivity contribution in [2.24, 2.45) is 5.41 Å². The van der Waals surface area contributed by atoms with Crippen LogP contribution >= 0.6 is 0 Å². The van der Waals surface area contributed by atoms with Crippen LogP contribution in [0.3, 0.4) is 0 Å². The van der Waals surface area contributed by atoms with Crippen molar-refractivity contribution < 1.29 is 41.9 Å². The van der Waals surface area contributed by atoms with Gasteiger partial charge < -0.3 is 20.3 Å². The lowest BCUT2D eigenvalue weighted by atomic mass is 9.78. The molecule has 0 aromatic rings. The molecule has 11 heteroatoms. The summed E-state index contributed by atoms with van der Waals surface area (Å²) in [5, 5.41) is 21.6. The average Bonchev–Trinajstić information content (AvgIpc) is 2.56. The molecule has 0 saturated heterocycles. The number of amides is 1. The number of unbranched alkanes of at least 4 members (excludes halogenated alkanes) is 1. The van der Waals surface area contributed by atoms with Crippen LogP contribution in [0.4, 0.5) is 0 Å². The third-order valence-corrected chi connectivity index (χ3v) is 5.46. The van der Waals surface area contributed by atoms with Crippen molar-refractivity contribution in [1.29, 1.82) is 0 Å². The smallest absolute Gasteiger partial charge is 0.333 e. The van der Waals surface area contributed by atoms with Gasteiger partial charge in [-0.15, -0.1) is 0 Å². The minimum absolute atomic E-state index is 0.128. The van der Waals surface area contributed by atoms with Crippen LogP contribution in [0.2, 0.25) is 0 Å². The number of carbonyl (C=O) groups excluding carboxylic acids is 2. The van der Waals surface area contributed by atoms with E-state index in [0.717, 1.165) is 0 Å². The number of rotatable bonds is 14. The second-order valence-corrected chi connectivity index (χ2v) is 8.80. The minimum Gasteiger partial charge on any atom is -0.479 e. The SMILES string of the molecule is CC(=O)NCCCS(=O)(=O)OC(CCCCOC(C)=O)C(C)(C)[C@@H](O)C(=O)O. The number of aliphatic carboxylic acids is 1. The van der Waals surface area contributed by atoms with Gasteiger partial charge in [-0.1, -0.05) is 13.8 Å². The summed E-state index contributed by atoms with van der Waals surface area (Å²) in [4.78, 5) is 32.8. The Balaban J connectivity index is 5.02. The first-order chi connectivity index (χ1) is 12.8. The zero-order valence-corrected chi connectivity index (χ0v) is 17.6. The molecule has 28 heavy (non-hydrogen) atoms. The van der Waals surface area contributed by atoms with E-state index >= 15 is 0 Å². The number of aliphatic hydroxyl groups is 1. The summed E-state index contributed by atoms with van der Waals surface area (Å²) in [6, 6.07) is 0. The Kier molecular flexibility index (Phi) is 11.2. The molecule has 164 valence electrons. The van der Waals surface area contributed by atoms with E-state index in [1.54, 1.807) is 0 Å². The van der Waals surface area contributed by atoms with Crippen LogP contribution < -0.4 is 5.32 Å². The molecule has 0 heterocycles. The van der Waals surface area contributed by atoms with E-state index in [4.69, 9.17) is 14.0 Å². The van der Waals surface area contributed by atoms with Gasteiger partial charge >= 0.3 is 11.9 Å². The maximum atomic E-state index is 12.3. The molecule has 0 aliphatic heterocycles. The third-order valence-electron chi connectivity index (χ3n) is 4.14. The largest absolute Gasteiger partial charge is 0.479 e. The molecular weight excluding hydrogens is 394 g/mol. The number of esters is 1. The maximum absolute atomic E-state index is 12.3. The highest BCUT2D eigenvalue weighted by Gasteiger charge is 2.43. The normalized spacial score (nSPS) is 14.2. The Bertz CT molecular complexity index is 631. The van der Waals surface area contributed by atoms with Gasteiger partial charge in [-0.25, -0.2) is 4.79 Å².